The lowest BCUT2D eigenvalue weighted by molar-refractivity contribution is 0.319. The Hall–Kier alpha value is -2.75. The zero-order chi connectivity index (χ0) is 20.3. The summed E-state index contributed by atoms with van der Waals surface area (Å²) in [5, 5.41) is 6.47. The van der Waals surface area contributed by atoms with Crippen LogP contribution in [0.3, 0.4) is 0 Å². The molecule has 2 N–H and O–H groups in total. The number of halogens is 1. The first-order valence-electron chi connectivity index (χ1n) is 9.57. The minimum Gasteiger partial charge on any atom is -0.497 e. The summed E-state index contributed by atoms with van der Waals surface area (Å²) in [7, 11) is 1.64. The van der Waals surface area contributed by atoms with Crippen LogP contribution in [0.25, 0.3) is 11.5 Å². The van der Waals surface area contributed by atoms with Gasteiger partial charge < -0.3 is 24.5 Å². The number of benzene rings is 2. The van der Waals surface area contributed by atoms with Crippen LogP contribution >= 0.6 is 24.0 Å². The molecule has 0 unspecified atom stereocenters. The third-order valence-corrected chi connectivity index (χ3v) is 4.02. The Kier molecular flexibility index (Phi) is 9.99. The van der Waals surface area contributed by atoms with Crippen LogP contribution < -0.4 is 20.1 Å². The van der Waals surface area contributed by atoms with Gasteiger partial charge in [-0.05, 0) is 31.2 Å². The van der Waals surface area contributed by atoms with E-state index in [1.54, 1.807) is 13.4 Å². The van der Waals surface area contributed by atoms with Crippen molar-refractivity contribution < 1.29 is 13.9 Å². The van der Waals surface area contributed by atoms with Crippen LogP contribution in [-0.2, 0) is 6.54 Å². The molecule has 1 heterocycles. The van der Waals surface area contributed by atoms with Gasteiger partial charge >= 0.3 is 0 Å². The Bertz CT molecular complexity index is 916. The number of aromatic nitrogens is 1. The topological polar surface area (TPSA) is 80.9 Å². The molecule has 0 amide bonds. The van der Waals surface area contributed by atoms with Crippen LogP contribution in [0.1, 0.15) is 12.6 Å². The molecule has 0 fully saturated rings. The second-order valence-corrected chi connectivity index (χ2v) is 6.16. The predicted octanol–water partition coefficient (Wildman–Crippen LogP) is 4.10. The largest absolute Gasteiger partial charge is 0.497 e. The molecule has 3 aromatic rings. The number of aliphatic imine (C=N–C) groups is 1. The molecule has 160 valence electrons. The molecule has 0 aliphatic heterocycles. The Balaban J connectivity index is 0.00000320. The van der Waals surface area contributed by atoms with E-state index in [0.29, 0.717) is 31.5 Å². The SMILES string of the molecule is CCNC(=NCc1coc(-c2ccccc2)n1)NCCOc1cccc(OC)c1.I. The molecule has 0 saturated heterocycles. The molecule has 7 nitrogen and oxygen atoms in total. The molecule has 0 aliphatic carbocycles. The maximum absolute atomic E-state index is 5.74. The highest BCUT2D eigenvalue weighted by molar-refractivity contribution is 14.0. The number of ether oxygens (including phenoxy) is 2. The van der Waals surface area contributed by atoms with Crippen LogP contribution in [-0.4, -0.2) is 37.7 Å². The number of hydrogen-bond donors (Lipinski definition) is 2. The van der Waals surface area contributed by atoms with Gasteiger partial charge in [0, 0.05) is 18.2 Å². The second kappa shape index (κ2) is 12.7. The highest BCUT2D eigenvalue weighted by atomic mass is 127. The Morgan fingerprint density at radius 2 is 1.87 bits per heavy atom. The molecule has 1 aromatic heterocycles. The summed E-state index contributed by atoms with van der Waals surface area (Å²) in [6.07, 6.45) is 1.64. The van der Waals surface area contributed by atoms with Crippen molar-refractivity contribution in [3.8, 4) is 23.0 Å². The van der Waals surface area contributed by atoms with E-state index in [4.69, 9.17) is 13.9 Å². The minimum atomic E-state index is 0. The van der Waals surface area contributed by atoms with E-state index >= 15 is 0 Å². The first-order chi connectivity index (χ1) is 14.3. The van der Waals surface area contributed by atoms with Crippen molar-refractivity contribution in [2.45, 2.75) is 13.5 Å². The predicted molar refractivity (Wildman–Crippen MR) is 129 cm³/mol. The molecule has 0 atom stereocenters. The zero-order valence-corrected chi connectivity index (χ0v) is 19.5. The molecule has 30 heavy (non-hydrogen) atoms. The first-order valence-corrected chi connectivity index (χ1v) is 9.57. The number of nitrogens with one attached hydrogen (secondary N) is 2. The number of hydrogen-bond acceptors (Lipinski definition) is 5. The lowest BCUT2D eigenvalue weighted by Gasteiger charge is -2.12. The van der Waals surface area contributed by atoms with Gasteiger partial charge in [0.1, 0.15) is 30.1 Å². The third kappa shape index (κ3) is 7.25. The number of methoxy groups -OCH3 is 1. The molecule has 0 bridgehead atoms. The quantitative estimate of drug-likeness (QED) is 0.191. The number of rotatable bonds is 9. The van der Waals surface area contributed by atoms with E-state index in [-0.39, 0.29) is 24.0 Å². The van der Waals surface area contributed by atoms with E-state index in [1.807, 2.05) is 61.5 Å². The highest BCUT2D eigenvalue weighted by Gasteiger charge is 2.06. The zero-order valence-electron chi connectivity index (χ0n) is 17.1. The average Bonchev–Trinajstić information content (AvgIpc) is 3.25. The van der Waals surface area contributed by atoms with Crippen molar-refractivity contribution in [3.63, 3.8) is 0 Å². The summed E-state index contributed by atoms with van der Waals surface area (Å²) in [5.41, 5.74) is 1.72. The van der Waals surface area contributed by atoms with Crippen molar-refractivity contribution in [1.29, 1.82) is 0 Å². The third-order valence-electron chi connectivity index (χ3n) is 4.02. The van der Waals surface area contributed by atoms with Crippen LogP contribution in [0.5, 0.6) is 11.5 Å². The summed E-state index contributed by atoms with van der Waals surface area (Å²) in [5.74, 6) is 2.84. The smallest absolute Gasteiger partial charge is 0.226 e. The van der Waals surface area contributed by atoms with Crippen molar-refractivity contribution in [1.82, 2.24) is 15.6 Å². The fraction of sp³-hybridized carbons (Fsp3) is 0.273. The molecule has 0 aliphatic rings. The lowest BCUT2D eigenvalue weighted by Crippen LogP contribution is -2.39. The van der Waals surface area contributed by atoms with E-state index in [9.17, 15) is 0 Å². The van der Waals surface area contributed by atoms with Gasteiger partial charge in [-0.2, -0.15) is 0 Å². The molecule has 3 rings (SSSR count). The summed E-state index contributed by atoms with van der Waals surface area (Å²) < 4.78 is 16.5. The molecular formula is C22H27IN4O3. The molecule has 8 heteroatoms. The van der Waals surface area contributed by atoms with E-state index in [0.717, 1.165) is 29.3 Å². The fourth-order valence-corrected chi connectivity index (χ4v) is 2.62. The maximum atomic E-state index is 5.74. The molecule has 0 radical (unpaired) electrons. The first kappa shape index (κ1) is 23.5. The van der Waals surface area contributed by atoms with Crippen LogP contribution in [0, 0.1) is 0 Å². The van der Waals surface area contributed by atoms with Gasteiger partial charge in [-0.15, -0.1) is 24.0 Å². The van der Waals surface area contributed by atoms with Gasteiger partial charge in [0.25, 0.3) is 0 Å². The van der Waals surface area contributed by atoms with E-state index in [2.05, 4.69) is 20.6 Å². The van der Waals surface area contributed by atoms with Gasteiger partial charge in [0.15, 0.2) is 5.96 Å². The van der Waals surface area contributed by atoms with Gasteiger partial charge in [-0.3, -0.25) is 0 Å². The number of nitrogens with zero attached hydrogens (tertiary/aromatic N) is 2. The van der Waals surface area contributed by atoms with E-state index < -0.39 is 0 Å². The van der Waals surface area contributed by atoms with E-state index in [1.165, 1.54) is 0 Å². The van der Waals surface area contributed by atoms with Gasteiger partial charge in [-0.25, -0.2) is 9.98 Å². The Labute approximate surface area is 193 Å². The minimum absolute atomic E-state index is 0. The van der Waals surface area contributed by atoms with Crippen LogP contribution in [0.4, 0.5) is 0 Å². The average molecular weight is 522 g/mol. The summed E-state index contributed by atoms with van der Waals surface area (Å²) >= 11 is 0. The normalized spacial score (nSPS) is 10.8. The molecule has 2 aromatic carbocycles. The molecule has 0 spiro atoms. The summed E-state index contributed by atoms with van der Waals surface area (Å²) in [6.45, 7) is 4.31. The standard InChI is InChI=1S/C22H26N4O3.HI/c1-3-23-22(24-12-13-28-20-11-7-10-19(14-20)27-2)25-15-18-16-29-21(26-18)17-8-5-4-6-9-17;/h4-11,14,16H,3,12-13,15H2,1-2H3,(H2,23,24,25);1H. The van der Waals surface area contributed by atoms with Crippen LogP contribution in [0.2, 0.25) is 0 Å². The monoisotopic (exact) mass is 522 g/mol. The van der Waals surface area contributed by atoms with Crippen LogP contribution in [0.15, 0.2) is 70.3 Å². The molecular weight excluding hydrogens is 495 g/mol. The summed E-state index contributed by atoms with van der Waals surface area (Å²) in [6, 6.07) is 17.3. The van der Waals surface area contributed by atoms with Crippen molar-refractivity contribution in [2.24, 2.45) is 4.99 Å². The highest BCUT2D eigenvalue weighted by Crippen LogP contribution is 2.19. The lowest BCUT2D eigenvalue weighted by atomic mass is 10.2. The van der Waals surface area contributed by atoms with Gasteiger partial charge in [0.2, 0.25) is 5.89 Å². The van der Waals surface area contributed by atoms with Gasteiger partial charge in [0.05, 0.1) is 20.2 Å². The summed E-state index contributed by atoms with van der Waals surface area (Å²) in [4.78, 5) is 9.06. The Morgan fingerprint density at radius 3 is 2.63 bits per heavy atom. The van der Waals surface area contributed by atoms with Gasteiger partial charge in [-0.1, -0.05) is 24.3 Å². The fourth-order valence-electron chi connectivity index (χ4n) is 2.62. The molecule has 0 saturated carbocycles. The maximum Gasteiger partial charge on any atom is 0.226 e. The van der Waals surface area contributed by atoms with Crippen molar-refractivity contribution >= 4 is 29.9 Å². The van der Waals surface area contributed by atoms with Crippen molar-refractivity contribution in [2.75, 3.05) is 26.8 Å². The Morgan fingerprint density at radius 1 is 1.07 bits per heavy atom. The second-order valence-electron chi connectivity index (χ2n) is 6.16. The number of guanidine groups is 1. The van der Waals surface area contributed by atoms with Crippen molar-refractivity contribution in [3.05, 3.63) is 66.6 Å². The number of oxazole rings is 1.